The molecule has 0 saturated heterocycles. The van der Waals surface area contributed by atoms with Crippen molar-refractivity contribution in [1.29, 1.82) is 0 Å². The van der Waals surface area contributed by atoms with Crippen LogP contribution in [0, 0.1) is 0 Å². The molecular formula is C26H19NO4. The summed E-state index contributed by atoms with van der Waals surface area (Å²) in [7, 11) is 0. The van der Waals surface area contributed by atoms with E-state index in [4.69, 9.17) is 14.1 Å². The molecule has 0 amide bonds. The Morgan fingerprint density at radius 1 is 0.968 bits per heavy atom. The first-order chi connectivity index (χ1) is 15.2. The summed E-state index contributed by atoms with van der Waals surface area (Å²) in [5, 5.41) is 0.734. The first-order valence-corrected chi connectivity index (χ1v) is 10.1. The Morgan fingerprint density at radius 3 is 2.58 bits per heavy atom. The maximum absolute atomic E-state index is 13.1. The van der Waals surface area contributed by atoms with E-state index < -0.39 is 5.97 Å². The molecule has 2 aromatic carbocycles. The highest BCUT2D eigenvalue weighted by atomic mass is 16.5. The highest BCUT2D eigenvalue weighted by molar-refractivity contribution is 6.08. The molecule has 1 aliphatic carbocycles. The van der Waals surface area contributed by atoms with E-state index >= 15 is 0 Å². The van der Waals surface area contributed by atoms with Gasteiger partial charge in [-0.1, -0.05) is 48.5 Å². The number of furan rings is 1. The molecule has 5 rings (SSSR count). The Labute approximate surface area is 179 Å². The number of pyridine rings is 1. The predicted octanol–water partition coefficient (Wildman–Crippen LogP) is 5.35. The highest BCUT2D eigenvalue weighted by Gasteiger charge is 2.28. The number of esters is 1. The van der Waals surface area contributed by atoms with Crippen molar-refractivity contribution < 1.29 is 18.7 Å². The molecule has 0 atom stereocenters. The fourth-order valence-electron chi connectivity index (χ4n) is 3.97. The smallest absolute Gasteiger partial charge is 0.339 e. The van der Waals surface area contributed by atoms with Crippen molar-refractivity contribution in [3.8, 4) is 0 Å². The summed E-state index contributed by atoms with van der Waals surface area (Å²) in [5.74, 6) is 0.0103. The molecule has 0 saturated carbocycles. The molecule has 2 aromatic heterocycles. The van der Waals surface area contributed by atoms with E-state index in [1.807, 2.05) is 48.5 Å². The number of allylic oxidation sites excluding steroid dienone is 1. The lowest BCUT2D eigenvalue weighted by Gasteiger charge is -2.12. The molecule has 0 radical (unpaired) electrons. The zero-order valence-electron chi connectivity index (χ0n) is 16.7. The van der Waals surface area contributed by atoms with E-state index in [2.05, 4.69) is 0 Å². The van der Waals surface area contributed by atoms with Gasteiger partial charge in [-0.3, -0.25) is 4.79 Å². The molecule has 2 heterocycles. The van der Waals surface area contributed by atoms with Crippen molar-refractivity contribution in [3.05, 3.63) is 101 Å². The summed E-state index contributed by atoms with van der Waals surface area (Å²) < 4.78 is 10.9. The maximum atomic E-state index is 13.1. The normalized spacial score (nSPS) is 14.0. The predicted molar refractivity (Wildman–Crippen MR) is 118 cm³/mol. The number of rotatable bonds is 5. The Kier molecular flexibility index (Phi) is 4.92. The minimum atomic E-state index is -0.502. The van der Waals surface area contributed by atoms with Gasteiger partial charge in [0.1, 0.15) is 5.76 Å². The number of fused-ring (bicyclic) bond motifs is 2. The quantitative estimate of drug-likeness (QED) is 0.328. The second-order valence-corrected chi connectivity index (χ2v) is 7.38. The van der Waals surface area contributed by atoms with Crippen LogP contribution < -0.4 is 0 Å². The van der Waals surface area contributed by atoms with Gasteiger partial charge in [0, 0.05) is 10.9 Å². The molecule has 0 aliphatic heterocycles. The third-order valence-corrected chi connectivity index (χ3v) is 5.44. The number of nitrogens with zero attached hydrogens (tertiary/aromatic N) is 1. The Hall–Kier alpha value is -3.99. The van der Waals surface area contributed by atoms with E-state index in [1.165, 1.54) is 0 Å². The SMILES string of the molecule is O=C(COC(=O)c1c2c(nc3ccccc13)C(=Cc1ccco1)CC2)c1ccccc1. The lowest BCUT2D eigenvalue weighted by atomic mass is 10.0. The minimum Gasteiger partial charge on any atom is -0.465 e. The van der Waals surface area contributed by atoms with Crippen LogP contribution in [0.25, 0.3) is 22.6 Å². The van der Waals surface area contributed by atoms with Crippen LogP contribution in [-0.2, 0) is 11.2 Å². The average Bonchev–Trinajstić information content (AvgIpc) is 3.47. The number of para-hydroxylation sites is 1. The lowest BCUT2D eigenvalue weighted by molar-refractivity contribution is 0.0475. The molecule has 4 aromatic rings. The van der Waals surface area contributed by atoms with E-state index in [1.54, 1.807) is 30.5 Å². The number of ketones is 1. The van der Waals surface area contributed by atoms with Crippen LogP contribution in [0.2, 0.25) is 0 Å². The highest BCUT2D eigenvalue weighted by Crippen LogP contribution is 2.37. The van der Waals surface area contributed by atoms with Crippen LogP contribution in [-0.4, -0.2) is 23.3 Å². The van der Waals surface area contributed by atoms with Crippen molar-refractivity contribution in [2.24, 2.45) is 0 Å². The van der Waals surface area contributed by atoms with Gasteiger partial charge in [0.25, 0.3) is 0 Å². The van der Waals surface area contributed by atoms with Crippen molar-refractivity contribution in [3.63, 3.8) is 0 Å². The van der Waals surface area contributed by atoms with Crippen molar-refractivity contribution in [2.45, 2.75) is 12.8 Å². The summed E-state index contributed by atoms with van der Waals surface area (Å²) in [6.07, 6.45) is 5.02. The van der Waals surface area contributed by atoms with Crippen LogP contribution in [0.15, 0.2) is 77.4 Å². The largest absolute Gasteiger partial charge is 0.465 e. The summed E-state index contributed by atoms with van der Waals surface area (Å²) in [6.45, 7) is -0.302. The summed E-state index contributed by atoms with van der Waals surface area (Å²) in [6, 6.07) is 20.1. The number of hydrogen-bond acceptors (Lipinski definition) is 5. The third-order valence-electron chi connectivity index (χ3n) is 5.44. The molecule has 0 fully saturated rings. The standard InChI is InChI=1S/C26H19NO4/c28-23(17-7-2-1-3-8-17)16-31-26(29)24-20-10-4-5-11-22(20)27-25-18(12-13-21(24)25)15-19-9-6-14-30-19/h1-11,14-15H,12-13,16H2. The van der Waals surface area contributed by atoms with Gasteiger partial charge in [0.15, 0.2) is 12.4 Å². The average molecular weight is 409 g/mol. The van der Waals surface area contributed by atoms with Gasteiger partial charge in [0.05, 0.1) is 23.0 Å². The molecule has 1 aliphatic rings. The van der Waals surface area contributed by atoms with Gasteiger partial charge in [-0.15, -0.1) is 0 Å². The molecule has 0 unspecified atom stereocenters. The van der Waals surface area contributed by atoms with E-state index in [-0.39, 0.29) is 12.4 Å². The van der Waals surface area contributed by atoms with Crippen LogP contribution in [0.1, 0.15) is 44.2 Å². The number of carbonyl (C=O) groups is 2. The first-order valence-electron chi connectivity index (χ1n) is 10.1. The summed E-state index contributed by atoms with van der Waals surface area (Å²) in [4.78, 5) is 30.4. The molecule has 0 bridgehead atoms. The minimum absolute atomic E-state index is 0.234. The van der Waals surface area contributed by atoms with Gasteiger partial charge >= 0.3 is 5.97 Å². The lowest BCUT2D eigenvalue weighted by Crippen LogP contribution is -2.16. The van der Waals surface area contributed by atoms with Crippen LogP contribution in [0.4, 0.5) is 0 Å². The fraction of sp³-hybridized carbons (Fsp3) is 0.115. The molecular weight excluding hydrogens is 390 g/mol. The Balaban J connectivity index is 1.51. The van der Waals surface area contributed by atoms with Crippen molar-refractivity contribution in [1.82, 2.24) is 4.98 Å². The summed E-state index contributed by atoms with van der Waals surface area (Å²) in [5.41, 5.74) is 4.39. The van der Waals surface area contributed by atoms with E-state index in [9.17, 15) is 9.59 Å². The van der Waals surface area contributed by atoms with Crippen molar-refractivity contribution >= 4 is 34.3 Å². The first kappa shape index (κ1) is 19.0. The molecule has 5 heteroatoms. The summed E-state index contributed by atoms with van der Waals surface area (Å²) >= 11 is 0. The number of carbonyl (C=O) groups excluding carboxylic acids is 2. The molecule has 152 valence electrons. The second-order valence-electron chi connectivity index (χ2n) is 7.38. The van der Waals surface area contributed by atoms with Gasteiger partial charge in [0.2, 0.25) is 0 Å². The number of aromatic nitrogens is 1. The van der Waals surface area contributed by atoms with Crippen molar-refractivity contribution in [2.75, 3.05) is 6.61 Å². The van der Waals surface area contributed by atoms with E-state index in [0.29, 0.717) is 17.5 Å². The van der Waals surface area contributed by atoms with Gasteiger partial charge < -0.3 is 9.15 Å². The van der Waals surface area contributed by atoms with E-state index in [0.717, 1.165) is 39.9 Å². The van der Waals surface area contributed by atoms with Gasteiger partial charge in [-0.25, -0.2) is 9.78 Å². The number of ether oxygens (including phenoxy) is 1. The number of hydrogen-bond donors (Lipinski definition) is 0. The van der Waals surface area contributed by atoms with Crippen LogP contribution in [0.5, 0.6) is 0 Å². The maximum Gasteiger partial charge on any atom is 0.339 e. The third kappa shape index (κ3) is 3.66. The molecule has 0 N–H and O–H groups in total. The zero-order chi connectivity index (χ0) is 21.2. The topological polar surface area (TPSA) is 69.4 Å². The molecule has 31 heavy (non-hydrogen) atoms. The van der Waals surface area contributed by atoms with Gasteiger partial charge in [-0.2, -0.15) is 0 Å². The Bertz CT molecular complexity index is 1300. The van der Waals surface area contributed by atoms with Gasteiger partial charge in [-0.05, 0) is 48.3 Å². The Morgan fingerprint density at radius 2 is 1.77 bits per heavy atom. The molecule has 0 spiro atoms. The van der Waals surface area contributed by atoms with Crippen LogP contribution in [0.3, 0.4) is 0 Å². The number of benzene rings is 2. The second kappa shape index (κ2) is 8.03. The fourth-order valence-corrected chi connectivity index (χ4v) is 3.97. The zero-order valence-corrected chi connectivity index (χ0v) is 16.7. The monoisotopic (exact) mass is 409 g/mol. The molecule has 5 nitrogen and oxygen atoms in total. The number of Topliss-reactive ketones (excluding diaryl/α,β-unsaturated/α-hetero) is 1. The van der Waals surface area contributed by atoms with Crippen LogP contribution >= 0.6 is 0 Å².